The van der Waals surface area contributed by atoms with Gasteiger partial charge in [0.2, 0.25) is 10.0 Å². The van der Waals surface area contributed by atoms with Gasteiger partial charge in [-0.05, 0) is 29.8 Å². The van der Waals surface area contributed by atoms with Crippen molar-refractivity contribution in [3.8, 4) is 16.9 Å². The van der Waals surface area contributed by atoms with Gasteiger partial charge in [0, 0.05) is 19.2 Å². The van der Waals surface area contributed by atoms with Crippen LogP contribution in [0.15, 0.2) is 47.4 Å². The summed E-state index contributed by atoms with van der Waals surface area (Å²) in [6.45, 7) is 0.289. The molecule has 134 valence electrons. The molecule has 0 fully saturated rings. The lowest BCUT2D eigenvalue weighted by atomic mass is 10.0. The Labute approximate surface area is 146 Å². The summed E-state index contributed by atoms with van der Waals surface area (Å²) < 4.78 is 37.3. The van der Waals surface area contributed by atoms with Crippen molar-refractivity contribution in [2.45, 2.75) is 4.90 Å². The molecule has 2 aromatic carbocycles. The maximum atomic E-state index is 12.4. The number of sulfonamides is 1. The van der Waals surface area contributed by atoms with E-state index in [9.17, 15) is 18.3 Å². The third-order valence-electron chi connectivity index (χ3n) is 3.48. The van der Waals surface area contributed by atoms with Crippen LogP contribution in [0.25, 0.3) is 11.1 Å². The molecule has 8 heteroatoms. The molecule has 0 aliphatic heterocycles. The Bertz CT molecular complexity index is 863. The highest BCUT2D eigenvalue weighted by Gasteiger charge is 2.19. The molecular weight excluding hydrogens is 346 g/mol. The van der Waals surface area contributed by atoms with Gasteiger partial charge in [-0.2, -0.15) is 0 Å². The van der Waals surface area contributed by atoms with Gasteiger partial charge in [-0.1, -0.05) is 18.2 Å². The fourth-order valence-corrected chi connectivity index (χ4v) is 3.36. The van der Waals surface area contributed by atoms with E-state index >= 15 is 0 Å². The van der Waals surface area contributed by atoms with Gasteiger partial charge in [-0.25, -0.2) is 17.9 Å². The summed E-state index contributed by atoms with van der Waals surface area (Å²) in [5.41, 5.74) is 0.904. The van der Waals surface area contributed by atoms with Gasteiger partial charge in [0.25, 0.3) is 0 Å². The zero-order valence-corrected chi connectivity index (χ0v) is 14.7. The molecule has 0 spiro atoms. The van der Waals surface area contributed by atoms with Crippen molar-refractivity contribution in [2.75, 3.05) is 27.4 Å². The Hall–Kier alpha value is -2.42. The van der Waals surface area contributed by atoms with Crippen LogP contribution >= 0.6 is 0 Å². The smallest absolute Gasteiger partial charge is 0.335 e. The minimum atomic E-state index is -3.87. The zero-order valence-electron chi connectivity index (χ0n) is 13.9. The molecule has 0 amide bonds. The van der Waals surface area contributed by atoms with E-state index in [-0.39, 0.29) is 23.6 Å². The second kappa shape index (κ2) is 8.11. The van der Waals surface area contributed by atoms with Crippen LogP contribution in [-0.2, 0) is 14.8 Å². The number of carboxylic acids is 1. The van der Waals surface area contributed by atoms with Crippen LogP contribution in [0.2, 0.25) is 0 Å². The van der Waals surface area contributed by atoms with Gasteiger partial charge >= 0.3 is 5.97 Å². The Balaban J connectivity index is 2.56. The topological polar surface area (TPSA) is 102 Å². The van der Waals surface area contributed by atoms with Crippen LogP contribution < -0.4 is 9.46 Å². The lowest BCUT2D eigenvalue weighted by Gasteiger charge is -2.12. The summed E-state index contributed by atoms with van der Waals surface area (Å²) in [4.78, 5) is 11.3. The van der Waals surface area contributed by atoms with Gasteiger partial charge in [-0.3, -0.25) is 0 Å². The van der Waals surface area contributed by atoms with Crippen LogP contribution in [-0.4, -0.2) is 46.9 Å². The molecule has 0 saturated heterocycles. The number of ether oxygens (including phenoxy) is 2. The van der Waals surface area contributed by atoms with Gasteiger partial charge in [0.1, 0.15) is 5.75 Å². The van der Waals surface area contributed by atoms with Crippen molar-refractivity contribution < 1.29 is 27.8 Å². The number of carboxylic acid groups (broad SMARTS) is 1. The van der Waals surface area contributed by atoms with Gasteiger partial charge < -0.3 is 14.6 Å². The van der Waals surface area contributed by atoms with Crippen molar-refractivity contribution >= 4 is 16.0 Å². The molecule has 0 saturated carbocycles. The molecule has 0 heterocycles. The first-order chi connectivity index (χ1) is 11.9. The van der Waals surface area contributed by atoms with Gasteiger partial charge in [0.15, 0.2) is 0 Å². The number of methoxy groups -OCH3 is 2. The molecule has 0 aliphatic carbocycles. The third-order valence-corrected chi connectivity index (χ3v) is 4.92. The second-order valence-electron chi connectivity index (χ2n) is 5.14. The highest BCUT2D eigenvalue weighted by atomic mass is 32.2. The Morgan fingerprint density at radius 2 is 1.88 bits per heavy atom. The first-order valence-corrected chi connectivity index (χ1v) is 8.87. The molecule has 0 unspecified atom stereocenters. The average Bonchev–Trinajstić information content (AvgIpc) is 2.61. The average molecular weight is 365 g/mol. The zero-order chi connectivity index (χ0) is 18.4. The Morgan fingerprint density at radius 3 is 2.52 bits per heavy atom. The van der Waals surface area contributed by atoms with E-state index in [1.165, 1.54) is 26.4 Å². The van der Waals surface area contributed by atoms with Crippen molar-refractivity contribution in [2.24, 2.45) is 0 Å². The molecule has 0 radical (unpaired) electrons. The first kappa shape index (κ1) is 18.9. The summed E-state index contributed by atoms with van der Waals surface area (Å²) >= 11 is 0. The number of carbonyl (C=O) groups is 1. The predicted molar refractivity (Wildman–Crippen MR) is 92.5 cm³/mol. The summed E-state index contributed by atoms with van der Waals surface area (Å²) in [5.74, 6) is -0.703. The summed E-state index contributed by atoms with van der Waals surface area (Å²) in [6, 6.07) is 10.9. The predicted octanol–water partition coefficient (Wildman–Crippen LogP) is 1.99. The fraction of sp³-hybridized carbons (Fsp3) is 0.235. The van der Waals surface area contributed by atoms with Crippen LogP contribution in [0.3, 0.4) is 0 Å². The van der Waals surface area contributed by atoms with Crippen molar-refractivity contribution in [1.29, 1.82) is 0 Å². The molecule has 0 aromatic heterocycles. The largest absolute Gasteiger partial charge is 0.496 e. The highest BCUT2D eigenvalue weighted by molar-refractivity contribution is 7.89. The van der Waals surface area contributed by atoms with E-state index in [1.54, 1.807) is 24.3 Å². The Morgan fingerprint density at radius 1 is 1.16 bits per heavy atom. The number of nitrogens with one attached hydrogen (secondary N) is 1. The van der Waals surface area contributed by atoms with E-state index in [0.29, 0.717) is 16.9 Å². The second-order valence-corrected chi connectivity index (χ2v) is 6.91. The van der Waals surface area contributed by atoms with E-state index in [4.69, 9.17) is 9.47 Å². The minimum absolute atomic E-state index is 0.0835. The molecular formula is C17H19NO6S. The molecule has 2 aromatic rings. The van der Waals surface area contributed by atoms with Crippen molar-refractivity contribution in [3.05, 3.63) is 48.0 Å². The quantitative estimate of drug-likeness (QED) is 0.694. The highest BCUT2D eigenvalue weighted by Crippen LogP contribution is 2.32. The van der Waals surface area contributed by atoms with E-state index in [2.05, 4.69) is 4.72 Å². The molecule has 7 nitrogen and oxygen atoms in total. The number of rotatable bonds is 8. The van der Waals surface area contributed by atoms with Crippen LogP contribution in [0, 0.1) is 0 Å². The maximum Gasteiger partial charge on any atom is 0.335 e. The number of hydrogen-bond acceptors (Lipinski definition) is 5. The molecule has 0 atom stereocenters. The summed E-state index contributed by atoms with van der Waals surface area (Å²) in [5, 5.41) is 9.32. The number of hydrogen-bond donors (Lipinski definition) is 2. The van der Waals surface area contributed by atoms with Gasteiger partial charge in [0.05, 0.1) is 24.2 Å². The minimum Gasteiger partial charge on any atom is -0.496 e. The summed E-state index contributed by atoms with van der Waals surface area (Å²) in [6.07, 6.45) is 0. The SMILES string of the molecule is COCCNS(=O)(=O)c1cc(C(=O)O)cc(-c2ccccc2OC)c1. The number of para-hydroxylation sites is 1. The van der Waals surface area contributed by atoms with Crippen LogP contribution in [0.4, 0.5) is 0 Å². The summed E-state index contributed by atoms with van der Waals surface area (Å²) in [7, 11) is -0.925. The molecule has 2 N–H and O–H groups in total. The number of benzene rings is 2. The fourth-order valence-electron chi connectivity index (χ4n) is 2.28. The van der Waals surface area contributed by atoms with Crippen molar-refractivity contribution in [1.82, 2.24) is 4.72 Å². The van der Waals surface area contributed by atoms with Gasteiger partial charge in [-0.15, -0.1) is 0 Å². The van der Waals surface area contributed by atoms with E-state index < -0.39 is 16.0 Å². The standard InChI is InChI=1S/C17H19NO6S/c1-23-8-7-18-25(21,22)14-10-12(9-13(11-14)17(19)20)15-5-3-4-6-16(15)24-2/h3-6,9-11,18H,7-8H2,1-2H3,(H,19,20). The first-order valence-electron chi connectivity index (χ1n) is 7.39. The van der Waals surface area contributed by atoms with E-state index in [1.807, 2.05) is 0 Å². The Kier molecular flexibility index (Phi) is 6.13. The lowest BCUT2D eigenvalue weighted by molar-refractivity contribution is 0.0696. The van der Waals surface area contributed by atoms with Crippen LogP contribution in [0.1, 0.15) is 10.4 Å². The van der Waals surface area contributed by atoms with E-state index in [0.717, 1.165) is 6.07 Å². The molecule has 2 rings (SSSR count). The monoisotopic (exact) mass is 365 g/mol. The molecule has 0 bridgehead atoms. The normalized spacial score (nSPS) is 11.3. The lowest BCUT2D eigenvalue weighted by Crippen LogP contribution is -2.27. The maximum absolute atomic E-state index is 12.4. The molecule has 25 heavy (non-hydrogen) atoms. The molecule has 0 aliphatic rings. The number of aromatic carboxylic acids is 1. The van der Waals surface area contributed by atoms with Crippen LogP contribution in [0.5, 0.6) is 5.75 Å². The third kappa shape index (κ3) is 4.56. The van der Waals surface area contributed by atoms with Crippen molar-refractivity contribution in [3.63, 3.8) is 0 Å².